The fourth-order valence-electron chi connectivity index (χ4n) is 1.19. The summed E-state index contributed by atoms with van der Waals surface area (Å²) < 4.78 is 5.17. The number of aliphatic carboxylic acids is 1. The Balaban J connectivity index is 2.46. The first-order valence-electron chi connectivity index (χ1n) is 4.18. The lowest BCUT2D eigenvalue weighted by Crippen LogP contribution is -2.54. The van der Waals surface area contributed by atoms with Crippen molar-refractivity contribution < 1.29 is 14.6 Å². The lowest BCUT2D eigenvalue weighted by Gasteiger charge is -2.31. The maximum atomic E-state index is 10.6. The predicted molar refractivity (Wildman–Crippen MR) is 44.0 cm³/mol. The Bertz CT molecular complexity index is 170. The number of nitrogens with one attached hydrogen (secondary N) is 1. The van der Waals surface area contributed by atoms with E-state index in [2.05, 4.69) is 5.32 Å². The van der Waals surface area contributed by atoms with Crippen molar-refractivity contribution in [2.24, 2.45) is 5.92 Å². The Morgan fingerprint density at radius 3 is 2.75 bits per heavy atom. The van der Waals surface area contributed by atoms with Crippen LogP contribution >= 0.6 is 0 Å². The maximum absolute atomic E-state index is 10.6. The van der Waals surface area contributed by atoms with Crippen molar-refractivity contribution in [1.29, 1.82) is 0 Å². The highest BCUT2D eigenvalue weighted by molar-refractivity contribution is 5.73. The Kier molecular flexibility index (Phi) is 3.05. The van der Waals surface area contributed by atoms with Gasteiger partial charge in [-0.15, -0.1) is 0 Å². The van der Waals surface area contributed by atoms with Crippen LogP contribution in [-0.2, 0) is 9.53 Å². The SMILES string of the molecule is CC(C)[C@@H]1COC[C@H](C(=O)O)N1. The summed E-state index contributed by atoms with van der Waals surface area (Å²) in [5.74, 6) is -0.424. The van der Waals surface area contributed by atoms with Crippen molar-refractivity contribution in [2.45, 2.75) is 25.9 Å². The predicted octanol–water partition coefficient (Wildman–Crippen LogP) is 0.0840. The molecule has 1 aliphatic rings. The van der Waals surface area contributed by atoms with Crippen LogP contribution in [0.3, 0.4) is 0 Å². The number of morpholine rings is 1. The van der Waals surface area contributed by atoms with E-state index < -0.39 is 12.0 Å². The second kappa shape index (κ2) is 3.87. The number of carboxylic acid groups (broad SMARTS) is 1. The molecule has 4 nitrogen and oxygen atoms in total. The van der Waals surface area contributed by atoms with E-state index in [1.54, 1.807) is 0 Å². The van der Waals surface area contributed by atoms with Gasteiger partial charge in [0.05, 0.1) is 13.2 Å². The van der Waals surface area contributed by atoms with Crippen LogP contribution in [0, 0.1) is 5.92 Å². The Morgan fingerprint density at radius 1 is 1.58 bits per heavy atom. The molecule has 4 heteroatoms. The van der Waals surface area contributed by atoms with Crippen molar-refractivity contribution in [3.63, 3.8) is 0 Å². The van der Waals surface area contributed by atoms with Gasteiger partial charge in [-0.2, -0.15) is 0 Å². The van der Waals surface area contributed by atoms with E-state index in [4.69, 9.17) is 9.84 Å². The molecule has 0 aromatic carbocycles. The van der Waals surface area contributed by atoms with Crippen molar-refractivity contribution in [1.82, 2.24) is 5.32 Å². The van der Waals surface area contributed by atoms with Gasteiger partial charge in [0.2, 0.25) is 0 Å². The zero-order chi connectivity index (χ0) is 9.14. The summed E-state index contributed by atoms with van der Waals surface area (Å²) in [5, 5.41) is 11.7. The second-order valence-corrected chi connectivity index (χ2v) is 3.45. The minimum absolute atomic E-state index is 0.167. The van der Waals surface area contributed by atoms with Gasteiger partial charge in [0.25, 0.3) is 0 Å². The molecule has 1 saturated heterocycles. The van der Waals surface area contributed by atoms with E-state index in [1.807, 2.05) is 13.8 Å². The third-order valence-corrected chi connectivity index (χ3v) is 2.10. The van der Waals surface area contributed by atoms with Crippen LogP contribution in [-0.4, -0.2) is 36.4 Å². The minimum atomic E-state index is -0.833. The topological polar surface area (TPSA) is 58.6 Å². The van der Waals surface area contributed by atoms with Gasteiger partial charge < -0.3 is 9.84 Å². The zero-order valence-electron chi connectivity index (χ0n) is 7.41. The van der Waals surface area contributed by atoms with Crippen LogP contribution in [0.4, 0.5) is 0 Å². The van der Waals surface area contributed by atoms with Gasteiger partial charge in [-0.3, -0.25) is 10.1 Å². The summed E-state index contributed by atoms with van der Waals surface area (Å²) in [6, 6.07) is -0.369. The molecule has 0 amide bonds. The molecule has 0 unspecified atom stereocenters. The first-order valence-corrected chi connectivity index (χ1v) is 4.18. The smallest absolute Gasteiger partial charge is 0.323 e. The number of ether oxygens (including phenoxy) is 1. The zero-order valence-corrected chi connectivity index (χ0v) is 7.41. The van der Waals surface area contributed by atoms with Crippen molar-refractivity contribution in [3.8, 4) is 0 Å². The maximum Gasteiger partial charge on any atom is 0.323 e. The molecule has 0 aromatic heterocycles. The Morgan fingerprint density at radius 2 is 2.25 bits per heavy atom. The molecule has 2 N–H and O–H groups in total. The van der Waals surface area contributed by atoms with Gasteiger partial charge >= 0.3 is 5.97 Å². The number of hydrogen-bond acceptors (Lipinski definition) is 3. The highest BCUT2D eigenvalue weighted by Crippen LogP contribution is 2.08. The average Bonchev–Trinajstić information content (AvgIpc) is 2.04. The van der Waals surface area contributed by atoms with E-state index in [0.29, 0.717) is 12.5 Å². The Labute approximate surface area is 71.9 Å². The molecule has 0 radical (unpaired) electrons. The highest BCUT2D eigenvalue weighted by Gasteiger charge is 2.27. The number of rotatable bonds is 2. The molecule has 1 heterocycles. The van der Waals surface area contributed by atoms with Crippen LogP contribution in [0.2, 0.25) is 0 Å². The fraction of sp³-hybridized carbons (Fsp3) is 0.875. The van der Waals surface area contributed by atoms with E-state index in [0.717, 1.165) is 0 Å². The Hall–Kier alpha value is -0.610. The van der Waals surface area contributed by atoms with Gasteiger partial charge in [-0.05, 0) is 5.92 Å². The monoisotopic (exact) mass is 173 g/mol. The standard InChI is InChI=1S/C8H15NO3/c1-5(2)6-3-12-4-7(9-6)8(10)11/h5-7,9H,3-4H2,1-2H3,(H,10,11)/t6-,7+/m0/s1. The van der Waals surface area contributed by atoms with Gasteiger partial charge in [0.15, 0.2) is 0 Å². The van der Waals surface area contributed by atoms with Crippen molar-refractivity contribution >= 4 is 5.97 Å². The number of carbonyl (C=O) groups is 1. The first kappa shape index (κ1) is 9.48. The van der Waals surface area contributed by atoms with Crippen LogP contribution < -0.4 is 5.32 Å². The lowest BCUT2D eigenvalue weighted by molar-refractivity contribution is -0.143. The molecule has 0 aromatic rings. The first-order chi connectivity index (χ1) is 5.61. The summed E-state index contributed by atoms with van der Waals surface area (Å²) in [6.45, 7) is 4.98. The molecule has 1 aliphatic heterocycles. The summed E-state index contributed by atoms with van der Waals surface area (Å²) in [5.41, 5.74) is 0. The van der Waals surface area contributed by atoms with E-state index >= 15 is 0 Å². The molecule has 0 bridgehead atoms. The molecular weight excluding hydrogens is 158 g/mol. The second-order valence-electron chi connectivity index (χ2n) is 3.45. The summed E-state index contributed by atoms with van der Waals surface area (Å²) in [6.07, 6.45) is 0. The molecule has 1 rings (SSSR count). The van der Waals surface area contributed by atoms with Crippen LogP contribution in [0.15, 0.2) is 0 Å². The average molecular weight is 173 g/mol. The molecule has 12 heavy (non-hydrogen) atoms. The third-order valence-electron chi connectivity index (χ3n) is 2.10. The van der Waals surface area contributed by atoms with Crippen molar-refractivity contribution in [2.75, 3.05) is 13.2 Å². The van der Waals surface area contributed by atoms with Crippen LogP contribution in [0.1, 0.15) is 13.8 Å². The van der Waals surface area contributed by atoms with E-state index in [-0.39, 0.29) is 12.6 Å². The quantitative estimate of drug-likeness (QED) is 0.621. The van der Waals surface area contributed by atoms with Gasteiger partial charge in [0, 0.05) is 6.04 Å². The highest BCUT2D eigenvalue weighted by atomic mass is 16.5. The number of carboxylic acids is 1. The molecule has 2 atom stereocenters. The minimum Gasteiger partial charge on any atom is -0.480 e. The molecular formula is C8H15NO3. The fourth-order valence-corrected chi connectivity index (χ4v) is 1.19. The third kappa shape index (κ3) is 2.19. The van der Waals surface area contributed by atoms with E-state index in [1.165, 1.54) is 0 Å². The lowest BCUT2D eigenvalue weighted by atomic mass is 10.0. The van der Waals surface area contributed by atoms with Crippen molar-refractivity contribution in [3.05, 3.63) is 0 Å². The van der Waals surface area contributed by atoms with Gasteiger partial charge in [-0.25, -0.2) is 0 Å². The number of hydrogen-bond donors (Lipinski definition) is 2. The molecule has 0 saturated carbocycles. The summed E-state index contributed by atoms with van der Waals surface area (Å²) >= 11 is 0. The summed E-state index contributed by atoms with van der Waals surface area (Å²) in [7, 11) is 0. The largest absolute Gasteiger partial charge is 0.480 e. The molecule has 70 valence electrons. The summed E-state index contributed by atoms with van der Waals surface area (Å²) in [4.78, 5) is 10.6. The molecule has 0 spiro atoms. The van der Waals surface area contributed by atoms with Crippen LogP contribution in [0.25, 0.3) is 0 Å². The van der Waals surface area contributed by atoms with Gasteiger partial charge in [0.1, 0.15) is 6.04 Å². The normalized spacial score (nSPS) is 30.6. The van der Waals surface area contributed by atoms with E-state index in [9.17, 15) is 4.79 Å². The van der Waals surface area contributed by atoms with Gasteiger partial charge in [-0.1, -0.05) is 13.8 Å². The molecule has 1 fully saturated rings. The van der Waals surface area contributed by atoms with Crippen LogP contribution in [0.5, 0.6) is 0 Å². The molecule has 0 aliphatic carbocycles.